The third-order valence-corrected chi connectivity index (χ3v) is 2.96. The average molecular weight is 280 g/mol. The predicted molar refractivity (Wildman–Crippen MR) is 74.1 cm³/mol. The van der Waals surface area contributed by atoms with Gasteiger partial charge in [0.15, 0.2) is 0 Å². The minimum Gasteiger partial charge on any atom is -0.494 e. The fraction of sp³-hybridized carbons (Fsp3) is 0.467. The van der Waals surface area contributed by atoms with E-state index in [2.05, 4.69) is 6.92 Å². The van der Waals surface area contributed by atoms with Gasteiger partial charge in [-0.25, -0.2) is 0 Å². The van der Waals surface area contributed by atoms with Crippen LogP contribution in [0, 0.1) is 0 Å². The van der Waals surface area contributed by atoms with Crippen molar-refractivity contribution in [1.29, 1.82) is 0 Å². The monoisotopic (exact) mass is 280 g/mol. The van der Waals surface area contributed by atoms with E-state index < -0.39 is 17.9 Å². The highest BCUT2D eigenvalue weighted by Gasteiger charge is 2.19. The van der Waals surface area contributed by atoms with Crippen molar-refractivity contribution >= 4 is 11.9 Å². The van der Waals surface area contributed by atoms with E-state index >= 15 is 0 Å². The van der Waals surface area contributed by atoms with Gasteiger partial charge < -0.3 is 14.9 Å². The number of carboxylic acids is 2. The van der Waals surface area contributed by atoms with Crippen molar-refractivity contribution in [2.24, 2.45) is 0 Å². The van der Waals surface area contributed by atoms with Crippen molar-refractivity contribution < 1.29 is 24.5 Å². The van der Waals surface area contributed by atoms with Crippen LogP contribution in [0.4, 0.5) is 0 Å². The lowest BCUT2D eigenvalue weighted by Gasteiger charge is -2.14. The molecule has 0 unspecified atom stereocenters. The van der Waals surface area contributed by atoms with Gasteiger partial charge in [-0.3, -0.25) is 9.59 Å². The largest absolute Gasteiger partial charge is 0.494 e. The summed E-state index contributed by atoms with van der Waals surface area (Å²) < 4.78 is 5.51. The van der Waals surface area contributed by atoms with Gasteiger partial charge in [0, 0.05) is 5.92 Å². The van der Waals surface area contributed by atoms with Gasteiger partial charge in [-0.2, -0.15) is 0 Å². The third-order valence-electron chi connectivity index (χ3n) is 2.96. The standard InChI is InChI=1S/C15H20O5/c1-2-3-8-20-13-6-4-11(5-7-13)12(9-14(16)17)10-15(18)19/h4-7,12H,2-3,8-10H2,1H3,(H,16,17)(H,18,19). The van der Waals surface area contributed by atoms with E-state index in [1.807, 2.05) is 0 Å². The number of aliphatic carboxylic acids is 2. The third kappa shape index (κ3) is 5.73. The molecule has 0 saturated heterocycles. The zero-order valence-electron chi connectivity index (χ0n) is 11.5. The van der Waals surface area contributed by atoms with Crippen LogP contribution in [0.15, 0.2) is 24.3 Å². The molecule has 0 atom stereocenters. The smallest absolute Gasteiger partial charge is 0.303 e. The Morgan fingerprint density at radius 3 is 2.10 bits per heavy atom. The van der Waals surface area contributed by atoms with Gasteiger partial charge in [-0.15, -0.1) is 0 Å². The molecule has 1 rings (SSSR count). The number of benzene rings is 1. The van der Waals surface area contributed by atoms with Crippen LogP contribution in [0.1, 0.15) is 44.1 Å². The first-order chi connectivity index (χ1) is 9.52. The molecule has 0 amide bonds. The zero-order valence-corrected chi connectivity index (χ0v) is 11.5. The molecule has 2 N–H and O–H groups in total. The summed E-state index contributed by atoms with van der Waals surface area (Å²) in [4.78, 5) is 21.6. The van der Waals surface area contributed by atoms with E-state index in [0.717, 1.165) is 12.8 Å². The molecule has 0 aliphatic heterocycles. The molecule has 0 fully saturated rings. The van der Waals surface area contributed by atoms with Crippen LogP contribution < -0.4 is 4.74 Å². The second-order valence-corrected chi connectivity index (χ2v) is 4.66. The van der Waals surface area contributed by atoms with Crippen molar-refractivity contribution in [3.05, 3.63) is 29.8 Å². The Bertz CT molecular complexity index is 422. The predicted octanol–water partition coefficient (Wildman–Crippen LogP) is 2.90. The Morgan fingerprint density at radius 1 is 1.10 bits per heavy atom. The molecule has 0 aliphatic rings. The van der Waals surface area contributed by atoms with Crippen molar-refractivity contribution in [2.75, 3.05) is 6.61 Å². The fourth-order valence-electron chi connectivity index (χ4n) is 1.90. The number of rotatable bonds is 9. The number of hydrogen-bond acceptors (Lipinski definition) is 3. The molecule has 0 aliphatic carbocycles. The van der Waals surface area contributed by atoms with Crippen LogP contribution >= 0.6 is 0 Å². The number of carbonyl (C=O) groups is 2. The SMILES string of the molecule is CCCCOc1ccc(C(CC(=O)O)CC(=O)O)cc1. The minimum atomic E-state index is -1.00. The molecule has 5 heteroatoms. The van der Waals surface area contributed by atoms with Gasteiger partial charge >= 0.3 is 11.9 Å². The van der Waals surface area contributed by atoms with Crippen LogP contribution in [0.2, 0.25) is 0 Å². The van der Waals surface area contributed by atoms with E-state index in [0.29, 0.717) is 17.9 Å². The molecule has 1 aromatic carbocycles. The fourth-order valence-corrected chi connectivity index (χ4v) is 1.90. The molecule has 0 aromatic heterocycles. The summed E-state index contributed by atoms with van der Waals surface area (Å²) >= 11 is 0. The summed E-state index contributed by atoms with van der Waals surface area (Å²) in [6, 6.07) is 6.97. The Balaban J connectivity index is 2.71. The summed E-state index contributed by atoms with van der Waals surface area (Å²) in [6.07, 6.45) is 1.64. The molecule has 0 saturated carbocycles. The minimum absolute atomic E-state index is 0.192. The molecule has 1 aromatic rings. The summed E-state index contributed by atoms with van der Waals surface area (Å²) in [5, 5.41) is 17.7. The Hall–Kier alpha value is -2.04. The molecule has 20 heavy (non-hydrogen) atoms. The molecular formula is C15H20O5. The summed E-state index contributed by atoms with van der Waals surface area (Å²) in [5.41, 5.74) is 0.706. The van der Waals surface area contributed by atoms with E-state index in [-0.39, 0.29) is 12.8 Å². The average Bonchev–Trinajstić information content (AvgIpc) is 2.38. The van der Waals surface area contributed by atoms with E-state index in [1.54, 1.807) is 24.3 Å². The first-order valence-electron chi connectivity index (χ1n) is 6.69. The quantitative estimate of drug-likeness (QED) is 0.679. The van der Waals surface area contributed by atoms with Gasteiger partial charge in [0.05, 0.1) is 19.4 Å². The zero-order chi connectivity index (χ0) is 15.0. The first-order valence-corrected chi connectivity index (χ1v) is 6.69. The Morgan fingerprint density at radius 2 is 1.65 bits per heavy atom. The number of carboxylic acid groups (broad SMARTS) is 2. The highest BCUT2D eigenvalue weighted by atomic mass is 16.5. The highest BCUT2D eigenvalue weighted by molar-refractivity contribution is 5.72. The number of hydrogen-bond donors (Lipinski definition) is 2. The van der Waals surface area contributed by atoms with Crippen LogP contribution in [-0.2, 0) is 9.59 Å². The topological polar surface area (TPSA) is 83.8 Å². The molecule has 110 valence electrons. The molecule has 5 nitrogen and oxygen atoms in total. The van der Waals surface area contributed by atoms with E-state index in [4.69, 9.17) is 14.9 Å². The maximum Gasteiger partial charge on any atom is 0.303 e. The lowest BCUT2D eigenvalue weighted by Crippen LogP contribution is -2.11. The second kappa shape index (κ2) is 8.19. The van der Waals surface area contributed by atoms with Gasteiger partial charge in [-0.1, -0.05) is 25.5 Å². The van der Waals surface area contributed by atoms with Gasteiger partial charge in [-0.05, 0) is 24.1 Å². The molecule has 0 bridgehead atoms. The first kappa shape index (κ1) is 16.0. The molecule has 0 radical (unpaired) electrons. The van der Waals surface area contributed by atoms with E-state index in [9.17, 15) is 9.59 Å². The number of unbranched alkanes of at least 4 members (excludes halogenated alkanes) is 1. The van der Waals surface area contributed by atoms with Crippen molar-refractivity contribution in [3.8, 4) is 5.75 Å². The van der Waals surface area contributed by atoms with Crippen LogP contribution in [0.3, 0.4) is 0 Å². The van der Waals surface area contributed by atoms with Crippen molar-refractivity contribution in [1.82, 2.24) is 0 Å². The summed E-state index contributed by atoms with van der Waals surface area (Å²) in [6.45, 7) is 2.72. The van der Waals surface area contributed by atoms with Crippen LogP contribution in [0.25, 0.3) is 0 Å². The van der Waals surface area contributed by atoms with Crippen LogP contribution in [-0.4, -0.2) is 28.8 Å². The van der Waals surface area contributed by atoms with Gasteiger partial charge in [0.25, 0.3) is 0 Å². The maximum atomic E-state index is 10.8. The van der Waals surface area contributed by atoms with Crippen molar-refractivity contribution in [2.45, 2.75) is 38.5 Å². The lowest BCUT2D eigenvalue weighted by molar-refractivity contribution is -0.139. The maximum absolute atomic E-state index is 10.8. The van der Waals surface area contributed by atoms with Crippen LogP contribution in [0.5, 0.6) is 5.75 Å². The molecule has 0 heterocycles. The number of ether oxygens (including phenoxy) is 1. The van der Waals surface area contributed by atoms with Gasteiger partial charge in [0.2, 0.25) is 0 Å². The Kier molecular flexibility index (Phi) is 6.56. The summed E-state index contributed by atoms with van der Waals surface area (Å²) in [5.74, 6) is -1.81. The Labute approximate surface area is 118 Å². The summed E-state index contributed by atoms with van der Waals surface area (Å²) in [7, 11) is 0. The van der Waals surface area contributed by atoms with Crippen molar-refractivity contribution in [3.63, 3.8) is 0 Å². The lowest BCUT2D eigenvalue weighted by atomic mass is 9.92. The molecule has 0 spiro atoms. The second-order valence-electron chi connectivity index (χ2n) is 4.66. The molecular weight excluding hydrogens is 260 g/mol. The van der Waals surface area contributed by atoms with Gasteiger partial charge in [0.1, 0.15) is 5.75 Å². The highest BCUT2D eigenvalue weighted by Crippen LogP contribution is 2.25. The van der Waals surface area contributed by atoms with E-state index in [1.165, 1.54) is 0 Å². The normalized spacial score (nSPS) is 10.5.